The monoisotopic (exact) mass is 302 g/mol. The van der Waals surface area contributed by atoms with Crippen molar-refractivity contribution in [2.24, 2.45) is 0 Å². The highest BCUT2D eigenvalue weighted by Crippen LogP contribution is 2.32. The van der Waals surface area contributed by atoms with Crippen molar-refractivity contribution in [2.45, 2.75) is 11.3 Å². The van der Waals surface area contributed by atoms with Crippen molar-refractivity contribution in [2.75, 3.05) is 6.26 Å². The number of rotatable bonds is 3. The average Bonchev–Trinajstić information content (AvgIpc) is 2.19. The highest BCUT2D eigenvalue weighted by molar-refractivity contribution is 7.90. The Morgan fingerprint density at radius 1 is 1.22 bits per heavy atom. The molecule has 1 N–H and O–H groups in total. The van der Waals surface area contributed by atoms with Gasteiger partial charge in [0, 0.05) is 11.8 Å². The molecule has 0 heterocycles. The number of carbonyl (C=O) groups is 1. The number of halogens is 4. The summed E-state index contributed by atoms with van der Waals surface area (Å²) < 4.78 is 62.6. The van der Waals surface area contributed by atoms with Crippen molar-refractivity contribution in [3.63, 3.8) is 0 Å². The first-order valence-corrected chi connectivity index (χ1v) is 6.61. The van der Waals surface area contributed by atoms with Gasteiger partial charge in [0.2, 0.25) is 0 Å². The third-order valence-electron chi connectivity index (χ3n) is 2.01. The summed E-state index contributed by atoms with van der Waals surface area (Å²) in [6.45, 7) is 0. The Balaban J connectivity index is 3.72. The Morgan fingerprint density at radius 2 is 1.72 bits per heavy atom. The molecule has 0 unspecified atom stereocenters. The van der Waals surface area contributed by atoms with E-state index in [-0.39, 0.29) is 0 Å². The van der Waals surface area contributed by atoms with Crippen LogP contribution >= 0.6 is 11.6 Å². The molecule has 0 saturated carbocycles. The van der Waals surface area contributed by atoms with Crippen LogP contribution in [0.5, 0.6) is 0 Å². The zero-order valence-electron chi connectivity index (χ0n) is 8.80. The third kappa shape index (κ3) is 2.59. The SMILES string of the molecule is CS(=O)(=O)c1c(F)c(F)c(CC(=O)O)c(F)c1Cl. The second-order valence-electron chi connectivity index (χ2n) is 3.41. The molecular weight excluding hydrogens is 297 g/mol. The topological polar surface area (TPSA) is 71.4 Å². The summed E-state index contributed by atoms with van der Waals surface area (Å²) >= 11 is 5.29. The van der Waals surface area contributed by atoms with Gasteiger partial charge in [0.25, 0.3) is 0 Å². The quantitative estimate of drug-likeness (QED) is 0.864. The molecule has 0 amide bonds. The summed E-state index contributed by atoms with van der Waals surface area (Å²) in [5, 5.41) is 7.25. The van der Waals surface area contributed by atoms with E-state index < -0.39 is 55.2 Å². The van der Waals surface area contributed by atoms with Crippen molar-refractivity contribution in [3.8, 4) is 0 Å². The molecule has 0 radical (unpaired) electrons. The molecule has 18 heavy (non-hydrogen) atoms. The van der Waals surface area contributed by atoms with Gasteiger partial charge in [-0.1, -0.05) is 11.6 Å². The normalized spacial score (nSPS) is 11.6. The Hall–Kier alpha value is -1.28. The fourth-order valence-corrected chi connectivity index (χ4v) is 2.74. The lowest BCUT2D eigenvalue weighted by atomic mass is 10.1. The van der Waals surface area contributed by atoms with Crippen molar-refractivity contribution in [1.29, 1.82) is 0 Å². The number of aliphatic carboxylic acids is 1. The van der Waals surface area contributed by atoms with Crippen LogP contribution in [-0.2, 0) is 21.1 Å². The first-order valence-electron chi connectivity index (χ1n) is 4.34. The van der Waals surface area contributed by atoms with Crippen molar-refractivity contribution >= 4 is 27.4 Å². The lowest BCUT2D eigenvalue weighted by Crippen LogP contribution is -2.12. The van der Waals surface area contributed by atoms with Crippen LogP contribution < -0.4 is 0 Å². The molecule has 1 aromatic carbocycles. The predicted octanol–water partition coefficient (Wildman–Crippen LogP) is 1.79. The molecule has 0 aromatic heterocycles. The second-order valence-corrected chi connectivity index (χ2v) is 5.74. The maximum absolute atomic E-state index is 13.5. The third-order valence-corrected chi connectivity index (χ3v) is 3.60. The zero-order valence-corrected chi connectivity index (χ0v) is 10.4. The van der Waals surface area contributed by atoms with Crippen LogP contribution in [0.15, 0.2) is 4.90 Å². The Kier molecular flexibility index (Phi) is 3.92. The first-order chi connectivity index (χ1) is 8.07. The molecule has 0 aliphatic carbocycles. The van der Waals surface area contributed by atoms with E-state index in [2.05, 4.69) is 0 Å². The maximum Gasteiger partial charge on any atom is 0.308 e. The van der Waals surface area contributed by atoms with Gasteiger partial charge in [-0.15, -0.1) is 0 Å². The van der Waals surface area contributed by atoms with Crippen molar-refractivity contribution < 1.29 is 31.5 Å². The fourth-order valence-electron chi connectivity index (χ4n) is 1.29. The molecule has 0 aliphatic heterocycles. The summed E-state index contributed by atoms with van der Waals surface area (Å²) in [7, 11) is -4.29. The molecule has 0 saturated heterocycles. The first kappa shape index (κ1) is 14.8. The van der Waals surface area contributed by atoms with Crippen LogP contribution in [0, 0.1) is 17.5 Å². The largest absolute Gasteiger partial charge is 0.481 e. The molecule has 0 atom stereocenters. The number of carboxylic acid groups (broad SMARTS) is 1. The molecule has 1 aromatic rings. The van der Waals surface area contributed by atoms with Crippen LogP contribution in [0.1, 0.15) is 5.56 Å². The Bertz CT molecular complexity index is 598. The molecular formula is C9H6ClF3O4S. The molecule has 100 valence electrons. The minimum absolute atomic E-state index is 0.521. The van der Waals surface area contributed by atoms with E-state index in [1.54, 1.807) is 0 Å². The van der Waals surface area contributed by atoms with E-state index in [9.17, 15) is 26.4 Å². The Labute approximate surface area is 105 Å². The van der Waals surface area contributed by atoms with E-state index in [4.69, 9.17) is 16.7 Å². The standard InChI is InChI=1S/C9H6ClF3O4S/c1-18(16,17)9-5(10)6(11)3(2-4(14)15)7(12)8(9)13/h2H2,1H3,(H,14,15). The van der Waals surface area contributed by atoms with Gasteiger partial charge in [-0.25, -0.2) is 21.6 Å². The summed E-state index contributed by atoms with van der Waals surface area (Å²) in [4.78, 5) is 9.03. The molecule has 9 heteroatoms. The van der Waals surface area contributed by atoms with E-state index in [0.717, 1.165) is 0 Å². The van der Waals surface area contributed by atoms with Gasteiger partial charge in [-0.2, -0.15) is 0 Å². The molecule has 1 rings (SSSR count). The van der Waals surface area contributed by atoms with Gasteiger partial charge in [0.05, 0.1) is 11.4 Å². The molecule has 0 spiro atoms. The van der Waals surface area contributed by atoms with Gasteiger partial charge in [0.15, 0.2) is 21.5 Å². The number of hydrogen-bond donors (Lipinski definition) is 1. The van der Waals surface area contributed by atoms with Gasteiger partial charge in [-0.05, 0) is 0 Å². The maximum atomic E-state index is 13.5. The van der Waals surface area contributed by atoms with Crippen LogP contribution in [0.4, 0.5) is 13.2 Å². The zero-order chi connectivity index (χ0) is 14.2. The second kappa shape index (κ2) is 4.77. The van der Waals surface area contributed by atoms with E-state index >= 15 is 0 Å². The number of hydrogen-bond acceptors (Lipinski definition) is 3. The number of benzene rings is 1. The molecule has 4 nitrogen and oxygen atoms in total. The van der Waals surface area contributed by atoms with Gasteiger partial charge >= 0.3 is 5.97 Å². The summed E-state index contributed by atoms with van der Waals surface area (Å²) in [5.74, 6) is -6.98. The van der Waals surface area contributed by atoms with Crippen LogP contribution in [0.25, 0.3) is 0 Å². The minimum Gasteiger partial charge on any atom is -0.481 e. The summed E-state index contributed by atoms with van der Waals surface area (Å²) in [6, 6.07) is 0. The van der Waals surface area contributed by atoms with Crippen molar-refractivity contribution in [3.05, 3.63) is 28.0 Å². The predicted molar refractivity (Wildman–Crippen MR) is 55.8 cm³/mol. The highest BCUT2D eigenvalue weighted by atomic mass is 35.5. The molecule has 0 bridgehead atoms. The smallest absolute Gasteiger partial charge is 0.308 e. The van der Waals surface area contributed by atoms with E-state index in [1.165, 1.54) is 0 Å². The van der Waals surface area contributed by atoms with Gasteiger partial charge in [0.1, 0.15) is 10.7 Å². The van der Waals surface area contributed by atoms with Crippen LogP contribution in [0.3, 0.4) is 0 Å². The van der Waals surface area contributed by atoms with Crippen molar-refractivity contribution in [1.82, 2.24) is 0 Å². The van der Waals surface area contributed by atoms with Crippen LogP contribution in [0.2, 0.25) is 5.02 Å². The van der Waals surface area contributed by atoms with Gasteiger partial charge < -0.3 is 5.11 Å². The highest BCUT2D eigenvalue weighted by Gasteiger charge is 2.30. The Morgan fingerprint density at radius 3 is 2.11 bits per heavy atom. The summed E-state index contributed by atoms with van der Waals surface area (Å²) in [5.41, 5.74) is -1.13. The number of sulfone groups is 1. The number of carboxylic acids is 1. The van der Waals surface area contributed by atoms with Gasteiger partial charge in [-0.3, -0.25) is 4.79 Å². The van der Waals surface area contributed by atoms with E-state index in [1.807, 2.05) is 0 Å². The average molecular weight is 303 g/mol. The summed E-state index contributed by atoms with van der Waals surface area (Å²) in [6.07, 6.45) is -0.634. The fraction of sp³-hybridized carbons (Fsp3) is 0.222. The minimum atomic E-state index is -4.29. The molecule has 0 aliphatic rings. The molecule has 0 fully saturated rings. The van der Waals surface area contributed by atoms with Crippen LogP contribution in [-0.4, -0.2) is 25.7 Å². The lowest BCUT2D eigenvalue weighted by Gasteiger charge is -2.10. The lowest BCUT2D eigenvalue weighted by molar-refractivity contribution is -0.136. The van der Waals surface area contributed by atoms with E-state index in [0.29, 0.717) is 6.26 Å².